The van der Waals surface area contributed by atoms with Gasteiger partial charge < -0.3 is 5.32 Å². The Kier molecular flexibility index (Phi) is 5.60. The SMILES string of the molecule is O=C(NCc1ccccc1)c1nn2c(C(F)(F)F)cc(-c3ccc(Cl)cc3)nc2c1Cl. The van der Waals surface area contributed by atoms with E-state index in [0.717, 1.165) is 11.6 Å². The summed E-state index contributed by atoms with van der Waals surface area (Å²) in [4.78, 5) is 16.8. The molecule has 0 saturated carbocycles. The molecule has 1 N–H and O–H groups in total. The maximum absolute atomic E-state index is 13.7. The van der Waals surface area contributed by atoms with Crippen LogP contribution >= 0.6 is 23.2 Å². The highest BCUT2D eigenvalue weighted by Crippen LogP contribution is 2.34. The molecule has 31 heavy (non-hydrogen) atoms. The zero-order valence-corrected chi connectivity index (χ0v) is 17.1. The van der Waals surface area contributed by atoms with E-state index in [0.29, 0.717) is 15.1 Å². The van der Waals surface area contributed by atoms with Gasteiger partial charge in [0.05, 0.1) is 5.69 Å². The van der Waals surface area contributed by atoms with Gasteiger partial charge in [-0.25, -0.2) is 9.50 Å². The molecule has 1 amide bonds. The van der Waals surface area contributed by atoms with Crippen LogP contribution in [-0.2, 0) is 12.7 Å². The number of rotatable bonds is 4. The zero-order valence-electron chi connectivity index (χ0n) is 15.6. The van der Waals surface area contributed by atoms with Crippen molar-refractivity contribution in [2.24, 2.45) is 0 Å². The van der Waals surface area contributed by atoms with Gasteiger partial charge in [-0.15, -0.1) is 0 Å². The number of benzene rings is 2. The summed E-state index contributed by atoms with van der Waals surface area (Å²) in [7, 11) is 0. The first-order valence-corrected chi connectivity index (χ1v) is 9.74. The van der Waals surface area contributed by atoms with Crippen LogP contribution in [0, 0.1) is 0 Å². The average Bonchev–Trinajstić information content (AvgIpc) is 3.08. The fraction of sp³-hybridized carbons (Fsp3) is 0.0952. The molecule has 0 bridgehead atoms. The van der Waals surface area contributed by atoms with E-state index in [2.05, 4.69) is 15.4 Å². The van der Waals surface area contributed by atoms with Crippen molar-refractivity contribution in [3.63, 3.8) is 0 Å². The van der Waals surface area contributed by atoms with Crippen LogP contribution in [0.1, 0.15) is 21.7 Å². The first-order chi connectivity index (χ1) is 14.7. The maximum atomic E-state index is 13.7. The monoisotopic (exact) mass is 464 g/mol. The molecule has 5 nitrogen and oxygen atoms in total. The van der Waals surface area contributed by atoms with Gasteiger partial charge in [-0.3, -0.25) is 4.79 Å². The van der Waals surface area contributed by atoms with E-state index < -0.39 is 17.8 Å². The van der Waals surface area contributed by atoms with Gasteiger partial charge >= 0.3 is 6.18 Å². The highest BCUT2D eigenvalue weighted by Gasteiger charge is 2.36. The minimum absolute atomic E-state index is 0.0227. The van der Waals surface area contributed by atoms with Crippen molar-refractivity contribution >= 4 is 34.8 Å². The van der Waals surface area contributed by atoms with E-state index in [1.807, 2.05) is 6.07 Å². The van der Waals surface area contributed by atoms with Gasteiger partial charge in [-0.1, -0.05) is 65.7 Å². The molecule has 2 heterocycles. The van der Waals surface area contributed by atoms with Gasteiger partial charge in [0.1, 0.15) is 5.02 Å². The summed E-state index contributed by atoms with van der Waals surface area (Å²) in [6.45, 7) is 0.166. The molecule has 2 aromatic carbocycles. The van der Waals surface area contributed by atoms with Gasteiger partial charge in [0.15, 0.2) is 17.0 Å². The Balaban J connectivity index is 1.77. The smallest absolute Gasteiger partial charge is 0.347 e. The third-order valence-corrected chi connectivity index (χ3v) is 5.07. The third-order valence-electron chi connectivity index (χ3n) is 4.47. The molecule has 158 valence electrons. The van der Waals surface area contributed by atoms with Crippen LogP contribution in [-0.4, -0.2) is 20.5 Å². The Morgan fingerprint density at radius 1 is 1.03 bits per heavy atom. The normalized spacial score (nSPS) is 11.6. The number of fused-ring (bicyclic) bond motifs is 1. The number of nitrogens with zero attached hydrogens (tertiary/aromatic N) is 3. The van der Waals surface area contributed by atoms with Crippen molar-refractivity contribution in [3.05, 3.63) is 87.7 Å². The first kappa shape index (κ1) is 21.1. The molecule has 0 unspecified atom stereocenters. The minimum atomic E-state index is -4.75. The van der Waals surface area contributed by atoms with Crippen LogP contribution in [0.15, 0.2) is 60.7 Å². The number of carbonyl (C=O) groups excluding carboxylic acids is 1. The minimum Gasteiger partial charge on any atom is -0.347 e. The van der Waals surface area contributed by atoms with Crippen molar-refractivity contribution < 1.29 is 18.0 Å². The van der Waals surface area contributed by atoms with Crippen molar-refractivity contribution in [2.45, 2.75) is 12.7 Å². The van der Waals surface area contributed by atoms with E-state index in [4.69, 9.17) is 23.2 Å². The largest absolute Gasteiger partial charge is 0.433 e. The zero-order chi connectivity index (χ0) is 22.2. The number of alkyl halides is 3. The molecule has 0 saturated heterocycles. The summed E-state index contributed by atoms with van der Waals surface area (Å²) < 4.78 is 41.7. The van der Waals surface area contributed by atoms with Gasteiger partial charge in [0, 0.05) is 17.1 Å². The fourth-order valence-electron chi connectivity index (χ4n) is 2.97. The van der Waals surface area contributed by atoms with Crippen molar-refractivity contribution in [2.75, 3.05) is 0 Å². The van der Waals surface area contributed by atoms with E-state index in [-0.39, 0.29) is 28.6 Å². The second kappa shape index (κ2) is 8.20. The summed E-state index contributed by atoms with van der Waals surface area (Å²) in [6.07, 6.45) is -4.75. The molecular weight excluding hydrogens is 452 g/mol. The second-order valence-electron chi connectivity index (χ2n) is 6.60. The summed E-state index contributed by atoms with van der Waals surface area (Å²) in [5, 5.41) is 6.57. The molecule has 0 radical (unpaired) electrons. The number of aromatic nitrogens is 3. The Hall–Kier alpha value is -3.10. The molecule has 10 heteroatoms. The third kappa shape index (κ3) is 4.35. The quantitative estimate of drug-likeness (QED) is 0.424. The Bertz CT molecular complexity index is 1260. The predicted octanol–water partition coefficient (Wildman–Crippen LogP) is 5.65. The number of carbonyl (C=O) groups is 1. The lowest BCUT2D eigenvalue weighted by Gasteiger charge is -2.11. The number of hydrogen-bond acceptors (Lipinski definition) is 3. The number of nitrogens with one attached hydrogen (secondary N) is 1. The molecule has 4 aromatic rings. The molecule has 0 spiro atoms. The van der Waals surface area contributed by atoms with Crippen molar-refractivity contribution in [1.82, 2.24) is 19.9 Å². The molecule has 4 rings (SSSR count). The molecule has 0 fully saturated rings. The number of hydrogen-bond donors (Lipinski definition) is 1. The molecular formula is C21H13Cl2F3N4O. The maximum Gasteiger partial charge on any atom is 0.433 e. The van der Waals surface area contributed by atoms with Gasteiger partial charge in [0.25, 0.3) is 5.91 Å². The van der Waals surface area contributed by atoms with E-state index in [1.54, 1.807) is 36.4 Å². The Morgan fingerprint density at radius 2 is 1.71 bits per heavy atom. The molecule has 0 aliphatic heterocycles. The Morgan fingerprint density at radius 3 is 2.35 bits per heavy atom. The standard InChI is InChI=1S/C21H13Cl2F3N4O/c22-14-8-6-13(7-9-14)15-10-16(21(24,25)26)30-19(28-15)17(23)18(29-30)20(31)27-11-12-4-2-1-3-5-12/h1-10H,11H2,(H,27,31). The average molecular weight is 465 g/mol. The topological polar surface area (TPSA) is 59.3 Å². The van der Waals surface area contributed by atoms with Crippen LogP contribution in [0.5, 0.6) is 0 Å². The van der Waals surface area contributed by atoms with E-state index in [1.165, 1.54) is 12.1 Å². The van der Waals surface area contributed by atoms with Gasteiger partial charge in [-0.2, -0.15) is 18.3 Å². The molecule has 0 atom stereocenters. The number of halogens is 5. The van der Waals surface area contributed by atoms with Crippen molar-refractivity contribution in [1.29, 1.82) is 0 Å². The molecule has 2 aromatic heterocycles. The van der Waals surface area contributed by atoms with Gasteiger partial charge in [-0.05, 0) is 23.8 Å². The summed E-state index contributed by atoms with van der Waals surface area (Å²) in [5.74, 6) is -0.708. The summed E-state index contributed by atoms with van der Waals surface area (Å²) >= 11 is 12.1. The predicted molar refractivity (Wildman–Crippen MR) is 111 cm³/mol. The van der Waals surface area contributed by atoms with Crippen LogP contribution in [0.4, 0.5) is 13.2 Å². The highest BCUT2D eigenvalue weighted by atomic mass is 35.5. The van der Waals surface area contributed by atoms with Gasteiger partial charge in [0.2, 0.25) is 0 Å². The lowest BCUT2D eigenvalue weighted by Crippen LogP contribution is -2.23. The van der Waals surface area contributed by atoms with Crippen LogP contribution in [0.2, 0.25) is 10.0 Å². The van der Waals surface area contributed by atoms with E-state index in [9.17, 15) is 18.0 Å². The number of amides is 1. The lowest BCUT2D eigenvalue weighted by atomic mass is 10.1. The highest BCUT2D eigenvalue weighted by molar-refractivity contribution is 6.36. The summed E-state index contributed by atoms with van der Waals surface area (Å²) in [6, 6.07) is 16.0. The molecule has 0 aliphatic carbocycles. The summed E-state index contributed by atoms with van der Waals surface area (Å²) in [5.41, 5.74) is -0.476. The van der Waals surface area contributed by atoms with Crippen molar-refractivity contribution in [3.8, 4) is 11.3 Å². The molecule has 0 aliphatic rings. The first-order valence-electron chi connectivity index (χ1n) is 8.98. The van der Waals surface area contributed by atoms with Crippen LogP contribution < -0.4 is 5.32 Å². The Labute approximate surface area is 184 Å². The van der Waals surface area contributed by atoms with E-state index >= 15 is 0 Å². The fourth-order valence-corrected chi connectivity index (χ4v) is 3.34. The van der Waals surface area contributed by atoms with Crippen LogP contribution in [0.25, 0.3) is 16.9 Å². The lowest BCUT2D eigenvalue weighted by molar-refractivity contribution is -0.142. The second-order valence-corrected chi connectivity index (χ2v) is 7.41. The van der Waals surface area contributed by atoms with Crippen LogP contribution in [0.3, 0.4) is 0 Å².